The van der Waals surface area contributed by atoms with Gasteiger partial charge in [0, 0.05) is 6.54 Å². The van der Waals surface area contributed by atoms with E-state index in [-0.39, 0.29) is 5.91 Å². The molecule has 0 saturated heterocycles. The fourth-order valence-electron chi connectivity index (χ4n) is 1.82. The molecule has 0 aromatic heterocycles. The maximum Gasteiger partial charge on any atom is 0.243 e. The van der Waals surface area contributed by atoms with E-state index in [1.165, 1.54) is 6.08 Å². The first-order valence-corrected chi connectivity index (χ1v) is 8.72. The second-order valence-corrected chi connectivity index (χ2v) is 5.11. The normalized spacial score (nSPS) is 10.5. The molecule has 0 spiro atoms. The van der Waals surface area contributed by atoms with Gasteiger partial charge in [-0.1, -0.05) is 24.8 Å². The van der Waals surface area contributed by atoms with Gasteiger partial charge in [0.2, 0.25) is 5.91 Å². The number of hydrogen-bond acceptors (Lipinski definition) is 6. The summed E-state index contributed by atoms with van der Waals surface area (Å²) in [6.45, 7) is 8.36. The minimum Gasteiger partial charge on any atom is -0.491 e. The summed E-state index contributed by atoms with van der Waals surface area (Å²) in [6, 6.07) is 9.64. The minimum atomic E-state index is -0.199. The van der Waals surface area contributed by atoms with E-state index in [0.29, 0.717) is 66.0 Å². The lowest BCUT2D eigenvalue weighted by atomic mass is 10.3. The Labute approximate surface area is 155 Å². The Bertz CT molecular complexity index is 468. The molecular weight excluding hydrogens is 338 g/mol. The van der Waals surface area contributed by atoms with Crippen molar-refractivity contribution in [2.75, 3.05) is 66.0 Å². The third-order valence-electron chi connectivity index (χ3n) is 3.09. The molecule has 0 saturated carbocycles. The summed E-state index contributed by atoms with van der Waals surface area (Å²) in [6.07, 6.45) is 1.23. The van der Waals surface area contributed by atoms with Gasteiger partial charge >= 0.3 is 0 Å². The van der Waals surface area contributed by atoms with Gasteiger partial charge in [0.1, 0.15) is 12.4 Å². The number of para-hydroxylation sites is 1. The predicted octanol–water partition coefficient (Wildman–Crippen LogP) is 1.43. The van der Waals surface area contributed by atoms with Gasteiger partial charge in [-0.2, -0.15) is 0 Å². The molecule has 0 aliphatic heterocycles. The Morgan fingerprint density at radius 1 is 0.808 bits per heavy atom. The molecule has 0 unspecified atom stereocenters. The van der Waals surface area contributed by atoms with Crippen molar-refractivity contribution in [3.63, 3.8) is 0 Å². The smallest absolute Gasteiger partial charge is 0.243 e. The number of ether oxygens (including phenoxy) is 5. The fourth-order valence-corrected chi connectivity index (χ4v) is 1.82. The molecule has 0 aliphatic rings. The highest BCUT2D eigenvalue weighted by atomic mass is 16.6. The highest BCUT2D eigenvalue weighted by molar-refractivity contribution is 5.86. The maximum absolute atomic E-state index is 10.9. The second kappa shape index (κ2) is 16.5. The van der Waals surface area contributed by atoms with Crippen LogP contribution in [0.1, 0.15) is 0 Å². The van der Waals surface area contributed by atoms with Crippen LogP contribution in [0.25, 0.3) is 0 Å². The van der Waals surface area contributed by atoms with E-state index < -0.39 is 0 Å². The lowest BCUT2D eigenvalue weighted by molar-refractivity contribution is -0.116. The van der Waals surface area contributed by atoms with Crippen LogP contribution < -0.4 is 10.1 Å². The second-order valence-electron chi connectivity index (χ2n) is 5.11. The summed E-state index contributed by atoms with van der Waals surface area (Å²) in [5.74, 6) is 0.643. The average Bonchev–Trinajstić information content (AvgIpc) is 2.68. The van der Waals surface area contributed by atoms with E-state index >= 15 is 0 Å². The molecule has 146 valence electrons. The van der Waals surface area contributed by atoms with Crippen molar-refractivity contribution in [1.29, 1.82) is 0 Å². The third kappa shape index (κ3) is 13.4. The maximum atomic E-state index is 10.9. The molecule has 0 atom stereocenters. The molecule has 1 aromatic rings. The zero-order valence-electron chi connectivity index (χ0n) is 15.2. The quantitative estimate of drug-likeness (QED) is 0.332. The van der Waals surface area contributed by atoms with Crippen molar-refractivity contribution in [3.05, 3.63) is 43.0 Å². The molecule has 0 radical (unpaired) electrons. The number of hydrogen-bond donors (Lipinski definition) is 1. The summed E-state index contributed by atoms with van der Waals surface area (Å²) < 4.78 is 27.0. The molecule has 7 nitrogen and oxygen atoms in total. The van der Waals surface area contributed by atoms with Gasteiger partial charge < -0.3 is 29.0 Å². The van der Waals surface area contributed by atoms with Crippen LogP contribution in [0.15, 0.2) is 43.0 Å². The van der Waals surface area contributed by atoms with Crippen LogP contribution in [0.5, 0.6) is 5.75 Å². The lowest BCUT2D eigenvalue weighted by Gasteiger charge is -2.08. The highest BCUT2D eigenvalue weighted by Gasteiger charge is 1.95. The number of benzene rings is 1. The Balaban J connectivity index is 1.72. The van der Waals surface area contributed by atoms with Gasteiger partial charge in [0.15, 0.2) is 0 Å². The Morgan fingerprint density at radius 2 is 1.31 bits per heavy atom. The van der Waals surface area contributed by atoms with Crippen LogP contribution in [-0.2, 0) is 23.7 Å². The van der Waals surface area contributed by atoms with Crippen LogP contribution in [0, 0.1) is 0 Å². The van der Waals surface area contributed by atoms with Gasteiger partial charge in [-0.25, -0.2) is 0 Å². The number of rotatable bonds is 17. The van der Waals surface area contributed by atoms with Crippen LogP contribution in [0.4, 0.5) is 0 Å². The Morgan fingerprint density at radius 3 is 1.85 bits per heavy atom. The zero-order valence-corrected chi connectivity index (χ0v) is 15.2. The molecule has 1 rings (SSSR count). The van der Waals surface area contributed by atoms with Crippen molar-refractivity contribution >= 4 is 5.91 Å². The average molecular weight is 367 g/mol. The number of nitrogens with one attached hydrogen (secondary N) is 1. The summed E-state index contributed by atoms with van der Waals surface area (Å²) in [7, 11) is 0. The number of carbonyl (C=O) groups excluding carboxylic acids is 1. The fraction of sp³-hybridized carbons (Fsp3) is 0.526. The van der Waals surface area contributed by atoms with Crippen LogP contribution >= 0.6 is 0 Å². The first-order chi connectivity index (χ1) is 12.8. The van der Waals surface area contributed by atoms with E-state index in [1.807, 2.05) is 30.3 Å². The van der Waals surface area contributed by atoms with Crippen LogP contribution in [0.2, 0.25) is 0 Å². The largest absolute Gasteiger partial charge is 0.491 e. The predicted molar refractivity (Wildman–Crippen MR) is 98.4 cm³/mol. The minimum absolute atomic E-state index is 0.199. The molecule has 26 heavy (non-hydrogen) atoms. The first kappa shape index (κ1) is 22.1. The van der Waals surface area contributed by atoms with Crippen molar-refractivity contribution in [2.24, 2.45) is 0 Å². The molecule has 1 amide bonds. The highest BCUT2D eigenvalue weighted by Crippen LogP contribution is 2.07. The standard InChI is InChI=1S/C19H29NO6/c1-2-19(21)20-8-9-22-10-11-23-12-13-24-14-15-25-16-17-26-18-6-4-3-5-7-18/h2-7H,1,8-17H2,(H,20,21). The van der Waals surface area contributed by atoms with E-state index in [1.54, 1.807) is 0 Å². The SMILES string of the molecule is C=CC(=O)NCCOCCOCCOCCOCCOc1ccccc1. The zero-order chi connectivity index (χ0) is 18.7. The van der Waals surface area contributed by atoms with E-state index in [4.69, 9.17) is 23.7 Å². The van der Waals surface area contributed by atoms with Crippen LogP contribution in [0.3, 0.4) is 0 Å². The summed E-state index contributed by atoms with van der Waals surface area (Å²) >= 11 is 0. The summed E-state index contributed by atoms with van der Waals surface area (Å²) in [5.41, 5.74) is 0. The molecule has 1 aromatic carbocycles. The van der Waals surface area contributed by atoms with Gasteiger partial charge in [0.25, 0.3) is 0 Å². The molecular formula is C19H29NO6. The number of carbonyl (C=O) groups is 1. The molecule has 1 N–H and O–H groups in total. The molecule has 0 bridgehead atoms. The first-order valence-electron chi connectivity index (χ1n) is 8.72. The Kier molecular flexibility index (Phi) is 14.1. The molecule has 0 heterocycles. The van der Waals surface area contributed by atoms with Gasteiger partial charge in [0.05, 0.1) is 52.9 Å². The van der Waals surface area contributed by atoms with E-state index in [0.717, 1.165) is 5.75 Å². The summed E-state index contributed by atoms with van der Waals surface area (Å²) in [5, 5.41) is 2.62. The van der Waals surface area contributed by atoms with E-state index in [2.05, 4.69) is 11.9 Å². The van der Waals surface area contributed by atoms with Gasteiger partial charge in [-0.05, 0) is 18.2 Å². The topological polar surface area (TPSA) is 75.3 Å². The Hall–Kier alpha value is -1.93. The molecule has 7 heteroatoms. The monoisotopic (exact) mass is 367 g/mol. The molecule has 0 fully saturated rings. The number of amides is 1. The lowest BCUT2D eigenvalue weighted by Crippen LogP contribution is -2.25. The van der Waals surface area contributed by atoms with Crippen LogP contribution in [-0.4, -0.2) is 71.9 Å². The van der Waals surface area contributed by atoms with Crippen molar-refractivity contribution in [3.8, 4) is 5.75 Å². The third-order valence-corrected chi connectivity index (χ3v) is 3.09. The van der Waals surface area contributed by atoms with E-state index in [9.17, 15) is 4.79 Å². The van der Waals surface area contributed by atoms with Gasteiger partial charge in [-0.15, -0.1) is 0 Å². The van der Waals surface area contributed by atoms with Crippen molar-refractivity contribution in [1.82, 2.24) is 5.32 Å². The van der Waals surface area contributed by atoms with Crippen molar-refractivity contribution in [2.45, 2.75) is 0 Å². The van der Waals surface area contributed by atoms with Gasteiger partial charge in [-0.3, -0.25) is 4.79 Å². The summed E-state index contributed by atoms with van der Waals surface area (Å²) in [4.78, 5) is 10.9. The molecule has 0 aliphatic carbocycles. The van der Waals surface area contributed by atoms with Crippen molar-refractivity contribution < 1.29 is 28.5 Å².